The molecule has 0 aliphatic rings. The van der Waals surface area contributed by atoms with Crippen molar-refractivity contribution in [3.05, 3.63) is 53.5 Å². The summed E-state index contributed by atoms with van der Waals surface area (Å²) in [5, 5.41) is 16.5. The third-order valence-electron chi connectivity index (χ3n) is 3.99. The van der Waals surface area contributed by atoms with Gasteiger partial charge in [0.15, 0.2) is 5.82 Å². The number of aromatic nitrogens is 5. The number of rotatable bonds is 6. The Balaban J connectivity index is 1.69. The highest BCUT2D eigenvalue weighted by atomic mass is 16.2. The largest absolute Gasteiger partial charge is 0.398 e. The smallest absolute Gasteiger partial charge is 0.320 e. The number of nitrogens with zero attached hydrogens (tertiary/aromatic N) is 5. The summed E-state index contributed by atoms with van der Waals surface area (Å²) in [4.78, 5) is 29.3. The van der Waals surface area contributed by atoms with Crippen molar-refractivity contribution in [1.29, 1.82) is 0 Å². The molecule has 6 N–H and O–H groups in total. The molecular formula is C17H19N9O2. The number of pyridine rings is 1. The number of hydrogen-bond acceptors (Lipinski definition) is 7. The van der Waals surface area contributed by atoms with Crippen LogP contribution in [0, 0.1) is 0 Å². The van der Waals surface area contributed by atoms with E-state index in [9.17, 15) is 9.59 Å². The van der Waals surface area contributed by atoms with Gasteiger partial charge in [-0.3, -0.25) is 9.69 Å². The van der Waals surface area contributed by atoms with Crippen LogP contribution in [0.2, 0.25) is 0 Å². The average molecular weight is 381 g/mol. The van der Waals surface area contributed by atoms with Crippen LogP contribution in [0.1, 0.15) is 28.7 Å². The second-order valence-electron chi connectivity index (χ2n) is 5.87. The SMILES string of the molecule is CCN(C(N)=O)c1cc(N)c(C(=O)Nc2ccc(Cc3nn[nH]n3)cc2)cn1. The molecule has 0 saturated heterocycles. The Bertz CT molecular complexity index is 971. The van der Waals surface area contributed by atoms with E-state index in [1.54, 1.807) is 19.1 Å². The predicted molar refractivity (Wildman–Crippen MR) is 103 cm³/mol. The molecule has 2 aromatic heterocycles. The van der Waals surface area contributed by atoms with E-state index in [2.05, 4.69) is 30.9 Å². The number of primary amides is 1. The van der Waals surface area contributed by atoms with Gasteiger partial charge >= 0.3 is 6.03 Å². The van der Waals surface area contributed by atoms with Crippen LogP contribution in [0.3, 0.4) is 0 Å². The summed E-state index contributed by atoms with van der Waals surface area (Å²) < 4.78 is 0. The molecule has 0 aliphatic carbocycles. The molecule has 0 radical (unpaired) electrons. The number of amides is 3. The second kappa shape index (κ2) is 8.12. The van der Waals surface area contributed by atoms with E-state index in [1.165, 1.54) is 17.2 Å². The molecule has 0 saturated carbocycles. The quantitative estimate of drug-likeness (QED) is 0.492. The molecule has 3 aromatic rings. The first-order valence-electron chi connectivity index (χ1n) is 8.43. The summed E-state index contributed by atoms with van der Waals surface area (Å²) in [6.07, 6.45) is 1.84. The lowest BCUT2D eigenvalue weighted by atomic mass is 10.1. The van der Waals surface area contributed by atoms with Gasteiger partial charge in [-0.05, 0) is 24.6 Å². The number of nitrogen functional groups attached to an aromatic ring is 1. The normalized spacial score (nSPS) is 10.5. The van der Waals surface area contributed by atoms with Crippen LogP contribution >= 0.6 is 0 Å². The van der Waals surface area contributed by atoms with Gasteiger partial charge in [0.1, 0.15) is 5.82 Å². The van der Waals surface area contributed by atoms with Gasteiger partial charge in [0, 0.05) is 36.6 Å². The lowest BCUT2D eigenvalue weighted by molar-refractivity contribution is 0.102. The fourth-order valence-electron chi connectivity index (χ4n) is 2.57. The van der Waals surface area contributed by atoms with Gasteiger partial charge in [0.2, 0.25) is 0 Å². The third kappa shape index (κ3) is 4.20. The van der Waals surface area contributed by atoms with E-state index in [0.29, 0.717) is 24.5 Å². The van der Waals surface area contributed by atoms with Crippen LogP contribution in [0.15, 0.2) is 36.5 Å². The molecule has 3 amide bonds. The minimum Gasteiger partial charge on any atom is -0.398 e. The molecule has 3 rings (SSSR count). The maximum absolute atomic E-state index is 12.5. The van der Waals surface area contributed by atoms with Crippen molar-refractivity contribution < 1.29 is 9.59 Å². The number of carbonyl (C=O) groups is 2. The van der Waals surface area contributed by atoms with E-state index in [-0.39, 0.29) is 17.1 Å². The molecule has 144 valence electrons. The summed E-state index contributed by atoms with van der Waals surface area (Å²) in [5.74, 6) is 0.451. The van der Waals surface area contributed by atoms with Crippen molar-refractivity contribution in [3.8, 4) is 0 Å². The highest BCUT2D eigenvalue weighted by Crippen LogP contribution is 2.20. The minimum atomic E-state index is -0.646. The van der Waals surface area contributed by atoms with Crippen LogP contribution in [0.25, 0.3) is 0 Å². The molecule has 11 nitrogen and oxygen atoms in total. The highest BCUT2D eigenvalue weighted by Gasteiger charge is 2.16. The van der Waals surface area contributed by atoms with Crippen molar-refractivity contribution in [2.75, 3.05) is 22.5 Å². The topological polar surface area (TPSA) is 169 Å². The zero-order chi connectivity index (χ0) is 20.1. The monoisotopic (exact) mass is 381 g/mol. The fraction of sp³-hybridized carbons (Fsp3) is 0.176. The Morgan fingerprint density at radius 3 is 2.57 bits per heavy atom. The average Bonchev–Trinajstić information content (AvgIpc) is 3.16. The number of H-pyrrole nitrogens is 1. The molecule has 1 aromatic carbocycles. The van der Waals surface area contributed by atoms with Crippen LogP contribution in [0.5, 0.6) is 0 Å². The zero-order valence-electron chi connectivity index (χ0n) is 15.1. The second-order valence-corrected chi connectivity index (χ2v) is 5.87. The molecule has 11 heteroatoms. The number of tetrazole rings is 1. The molecular weight excluding hydrogens is 362 g/mol. The fourth-order valence-corrected chi connectivity index (χ4v) is 2.57. The summed E-state index contributed by atoms with van der Waals surface area (Å²) in [6.45, 7) is 2.09. The Morgan fingerprint density at radius 1 is 1.25 bits per heavy atom. The van der Waals surface area contributed by atoms with Crippen LogP contribution in [0.4, 0.5) is 22.0 Å². The molecule has 0 bridgehead atoms. The summed E-state index contributed by atoms with van der Waals surface area (Å²) in [5.41, 5.74) is 13.2. The molecule has 0 fully saturated rings. The van der Waals surface area contributed by atoms with Crippen molar-refractivity contribution in [1.82, 2.24) is 25.6 Å². The van der Waals surface area contributed by atoms with Gasteiger partial charge in [-0.2, -0.15) is 5.21 Å². The number of aromatic amines is 1. The molecule has 2 heterocycles. The molecule has 0 aliphatic heterocycles. The lowest BCUT2D eigenvalue weighted by Gasteiger charge is -2.18. The maximum atomic E-state index is 12.5. The van der Waals surface area contributed by atoms with Gasteiger partial charge in [0.05, 0.1) is 5.56 Å². The maximum Gasteiger partial charge on any atom is 0.320 e. The summed E-state index contributed by atoms with van der Waals surface area (Å²) in [6, 6.07) is 8.02. The van der Waals surface area contributed by atoms with E-state index >= 15 is 0 Å². The van der Waals surface area contributed by atoms with E-state index in [0.717, 1.165) is 5.56 Å². The number of hydrogen-bond donors (Lipinski definition) is 4. The number of nitrogens with one attached hydrogen (secondary N) is 2. The summed E-state index contributed by atoms with van der Waals surface area (Å²) >= 11 is 0. The van der Waals surface area contributed by atoms with Crippen LogP contribution in [-0.2, 0) is 6.42 Å². The first-order valence-corrected chi connectivity index (χ1v) is 8.43. The lowest BCUT2D eigenvalue weighted by Crippen LogP contribution is -2.36. The van der Waals surface area contributed by atoms with Gasteiger partial charge in [0.25, 0.3) is 5.91 Å². The summed E-state index contributed by atoms with van der Waals surface area (Å²) in [7, 11) is 0. The Labute approximate surface area is 160 Å². The van der Waals surface area contributed by atoms with Gasteiger partial charge < -0.3 is 16.8 Å². The third-order valence-corrected chi connectivity index (χ3v) is 3.99. The highest BCUT2D eigenvalue weighted by molar-refractivity contribution is 6.08. The van der Waals surface area contributed by atoms with Crippen LogP contribution < -0.4 is 21.7 Å². The van der Waals surface area contributed by atoms with E-state index < -0.39 is 11.9 Å². The van der Waals surface area contributed by atoms with Crippen molar-refractivity contribution in [2.45, 2.75) is 13.3 Å². The number of carbonyl (C=O) groups excluding carboxylic acids is 2. The zero-order valence-corrected chi connectivity index (χ0v) is 15.1. The number of benzene rings is 1. The predicted octanol–water partition coefficient (Wildman–Crippen LogP) is 0.925. The molecule has 28 heavy (non-hydrogen) atoms. The molecule has 0 unspecified atom stereocenters. The first kappa shape index (κ1) is 18.8. The Kier molecular flexibility index (Phi) is 5.44. The number of anilines is 3. The standard InChI is InChI=1S/C17H19N9O2/c1-2-26(17(19)28)15-8-13(18)12(9-20-15)16(27)21-11-5-3-10(4-6-11)7-14-22-24-25-23-14/h3-6,8-9H,2,7H2,1H3,(H2,18,20)(H2,19,28)(H,21,27)(H,22,23,24,25). The molecule has 0 atom stereocenters. The Hall–Kier alpha value is -4.02. The van der Waals surface area contributed by atoms with E-state index in [4.69, 9.17) is 11.5 Å². The Morgan fingerprint density at radius 2 is 2.00 bits per heavy atom. The van der Waals surface area contributed by atoms with Crippen molar-refractivity contribution in [2.24, 2.45) is 5.73 Å². The first-order chi connectivity index (χ1) is 13.5. The molecule has 0 spiro atoms. The van der Waals surface area contributed by atoms with Gasteiger partial charge in [-0.25, -0.2) is 9.78 Å². The minimum absolute atomic E-state index is 0.191. The van der Waals surface area contributed by atoms with Gasteiger partial charge in [-0.15, -0.1) is 10.2 Å². The van der Waals surface area contributed by atoms with Crippen LogP contribution in [-0.4, -0.2) is 44.1 Å². The van der Waals surface area contributed by atoms with Crippen molar-refractivity contribution in [3.63, 3.8) is 0 Å². The van der Waals surface area contributed by atoms with Gasteiger partial charge in [-0.1, -0.05) is 17.3 Å². The van der Waals surface area contributed by atoms with E-state index in [1.807, 2.05) is 12.1 Å². The number of nitrogens with two attached hydrogens (primary N) is 2. The van der Waals surface area contributed by atoms with Crippen molar-refractivity contribution >= 4 is 29.1 Å². The number of urea groups is 1.